The third-order valence-electron chi connectivity index (χ3n) is 4.49. The number of benzene rings is 2. The predicted octanol–water partition coefficient (Wildman–Crippen LogP) is 1.99. The highest BCUT2D eigenvalue weighted by molar-refractivity contribution is 7.92. The summed E-state index contributed by atoms with van der Waals surface area (Å²) in [6.07, 6.45) is 0. The number of hydrogen-bond donors (Lipinski definition) is 0. The van der Waals surface area contributed by atoms with Gasteiger partial charge in [0.2, 0.25) is 0 Å². The Bertz CT molecular complexity index is 1050. The lowest BCUT2D eigenvalue weighted by Gasteiger charge is -2.26. The summed E-state index contributed by atoms with van der Waals surface area (Å²) < 4.78 is 54.9. The predicted molar refractivity (Wildman–Crippen MR) is 106 cm³/mol. The molecule has 0 saturated heterocycles. The third kappa shape index (κ3) is 3.95. The van der Waals surface area contributed by atoms with Gasteiger partial charge in [-0.25, -0.2) is 8.42 Å². The van der Waals surface area contributed by atoms with Crippen molar-refractivity contribution in [3.63, 3.8) is 0 Å². The van der Waals surface area contributed by atoms with Gasteiger partial charge in [-0.3, -0.25) is 9.10 Å². The smallest absolute Gasteiger partial charge is 0.326 e. The number of nitrogens with zero attached hydrogens (tertiary/aromatic N) is 1. The van der Waals surface area contributed by atoms with Crippen LogP contribution in [-0.2, 0) is 19.6 Å². The summed E-state index contributed by atoms with van der Waals surface area (Å²) in [5.74, 6) is 1.05. The van der Waals surface area contributed by atoms with Gasteiger partial charge in [0.25, 0.3) is 10.0 Å². The highest BCUT2D eigenvalue weighted by atomic mass is 32.2. The van der Waals surface area contributed by atoms with Gasteiger partial charge in [0.1, 0.15) is 33.0 Å². The van der Waals surface area contributed by atoms with E-state index < -0.39 is 22.5 Å². The maximum atomic E-state index is 13.5. The van der Waals surface area contributed by atoms with Gasteiger partial charge < -0.3 is 23.7 Å². The molecule has 30 heavy (non-hydrogen) atoms. The van der Waals surface area contributed by atoms with Crippen LogP contribution in [0.3, 0.4) is 0 Å². The second kappa shape index (κ2) is 8.31. The Balaban J connectivity index is 1.74. The molecule has 0 aliphatic carbocycles. The van der Waals surface area contributed by atoms with Gasteiger partial charge in [0.05, 0.1) is 17.2 Å². The van der Waals surface area contributed by atoms with Gasteiger partial charge in [-0.15, -0.1) is 0 Å². The fourth-order valence-corrected chi connectivity index (χ4v) is 4.55. The Morgan fingerprint density at radius 1 is 0.900 bits per heavy atom. The van der Waals surface area contributed by atoms with Gasteiger partial charge in [0.15, 0.2) is 23.0 Å². The molecule has 2 aliphatic rings. The first-order valence-corrected chi connectivity index (χ1v) is 10.9. The normalized spacial score (nSPS) is 14.7. The number of carbonyl (C=O) groups excluding carboxylic acids is 1. The van der Waals surface area contributed by atoms with Crippen LogP contribution in [0, 0.1) is 0 Å². The molecule has 9 nitrogen and oxygen atoms in total. The molecular formula is C20H21NO8S. The number of fused-ring (bicyclic) bond motifs is 2. The van der Waals surface area contributed by atoms with Crippen LogP contribution in [0.5, 0.6) is 23.0 Å². The molecule has 0 fully saturated rings. The standard InChI is InChI=1S/C20H21NO8S/c1-2-25-20(22)13-21(14-3-5-16-18(11-14)28-9-7-26-16)30(23,24)15-4-6-17-19(12-15)29-10-8-27-17/h3-6,11-12H,2,7-10,13H2,1H3. The average Bonchev–Trinajstić information content (AvgIpc) is 2.77. The van der Waals surface area contributed by atoms with Crippen LogP contribution in [0.2, 0.25) is 0 Å². The first kappa shape index (κ1) is 20.1. The molecule has 0 N–H and O–H groups in total. The molecule has 2 aliphatic heterocycles. The quantitative estimate of drug-likeness (QED) is 0.635. The Hall–Kier alpha value is -3.14. The van der Waals surface area contributed by atoms with Crippen LogP contribution in [0.15, 0.2) is 41.3 Å². The van der Waals surface area contributed by atoms with E-state index in [-0.39, 0.29) is 17.2 Å². The number of rotatable bonds is 6. The number of hydrogen-bond acceptors (Lipinski definition) is 8. The molecule has 0 radical (unpaired) electrons. The highest BCUT2D eigenvalue weighted by Gasteiger charge is 2.30. The maximum Gasteiger partial charge on any atom is 0.326 e. The second-order valence-corrected chi connectivity index (χ2v) is 8.31. The molecule has 4 rings (SSSR count). The van der Waals surface area contributed by atoms with Crippen molar-refractivity contribution in [2.24, 2.45) is 0 Å². The number of ether oxygens (including phenoxy) is 5. The van der Waals surface area contributed by atoms with E-state index in [4.69, 9.17) is 23.7 Å². The molecule has 2 aromatic carbocycles. The molecule has 0 aromatic heterocycles. The van der Waals surface area contributed by atoms with Crippen LogP contribution in [0.1, 0.15) is 6.92 Å². The van der Waals surface area contributed by atoms with Gasteiger partial charge in [-0.1, -0.05) is 0 Å². The largest absolute Gasteiger partial charge is 0.486 e. The molecule has 2 heterocycles. The lowest BCUT2D eigenvalue weighted by molar-refractivity contribution is -0.141. The summed E-state index contributed by atoms with van der Waals surface area (Å²) in [6.45, 7) is 2.78. The topological polar surface area (TPSA) is 101 Å². The Morgan fingerprint density at radius 3 is 2.10 bits per heavy atom. The molecule has 0 bridgehead atoms. The van der Waals surface area contributed by atoms with Crippen molar-refractivity contribution < 1.29 is 36.9 Å². The zero-order chi connectivity index (χ0) is 21.1. The molecule has 0 spiro atoms. The van der Waals surface area contributed by atoms with E-state index in [1.165, 1.54) is 24.3 Å². The minimum atomic E-state index is -4.13. The lowest BCUT2D eigenvalue weighted by atomic mass is 10.2. The van der Waals surface area contributed by atoms with Gasteiger partial charge in [0, 0.05) is 12.1 Å². The van der Waals surface area contributed by atoms with E-state index in [9.17, 15) is 13.2 Å². The van der Waals surface area contributed by atoms with E-state index in [1.54, 1.807) is 19.1 Å². The minimum Gasteiger partial charge on any atom is -0.486 e. The molecule has 10 heteroatoms. The van der Waals surface area contributed by atoms with Crippen LogP contribution < -0.4 is 23.3 Å². The Kier molecular flexibility index (Phi) is 5.58. The average molecular weight is 435 g/mol. The van der Waals surface area contributed by atoms with E-state index in [1.807, 2.05) is 0 Å². The molecular weight excluding hydrogens is 414 g/mol. The van der Waals surface area contributed by atoms with Crippen molar-refractivity contribution in [1.82, 2.24) is 0 Å². The SMILES string of the molecule is CCOC(=O)CN(c1ccc2c(c1)OCCO2)S(=O)(=O)c1ccc2c(c1)OCCO2. The monoisotopic (exact) mass is 435 g/mol. The van der Waals surface area contributed by atoms with Crippen molar-refractivity contribution in [1.29, 1.82) is 0 Å². The second-order valence-electron chi connectivity index (χ2n) is 6.45. The fourth-order valence-electron chi connectivity index (χ4n) is 3.14. The van der Waals surface area contributed by atoms with E-state index in [2.05, 4.69) is 0 Å². The van der Waals surface area contributed by atoms with Crippen molar-refractivity contribution >= 4 is 21.7 Å². The van der Waals surface area contributed by atoms with Crippen molar-refractivity contribution in [3.05, 3.63) is 36.4 Å². The maximum absolute atomic E-state index is 13.5. The Labute approximate surface area is 174 Å². The van der Waals surface area contributed by atoms with Crippen LogP contribution in [0.4, 0.5) is 5.69 Å². The third-order valence-corrected chi connectivity index (χ3v) is 6.26. The first-order chi connectivity index (χ1) is 14.5. The first-order valence-electron chi connectivity index (χ1n) is 9.46. The van der Waals surface area contributed by atoms with Crippen LogP contribution in [0.25, 0.3) is 0 Å². The van der Waals surface area contributed by atoms with Crippen molar-refractivity contribution in [3.8, 4) is 23.0 Å². The van der Waals surface area contributed by atoms with Gasteiger partial charge in [-0.2, -0.15) is 0 Å². The minimum absolute atomic E-state index is 0.0362. The summed E-state index contributed by atoms with van der Waals surface area (Å²) in [6, 6.07) is 9.04. The zero-order valence-electron chi connectivity index (χ0n) is 16.3. The summed E-state index contributed by atoms with van der Waals surface area (Å²) in [4.78, 5) is 12.2. The number of anilines is 1. The van der Waals surface area contributed by atoms with Gasteiger partial charge >= 0.3 is 5.97 Å². The summed E-state index contributed by atoms with van der Waals surface area (Å²) in [5.41, 5.74) is 0.252. The van der Waals surface area contributed by atoms with E-state index in [0.717, 1.165) is 4.31 Å². The number of carbonyl (C=O) groups is 1. The van der Waals surface area contributed by atoms with Crippen molar-refractivity contribution in [2.75, 3.05) is 43.9 Å². The van der Waals surface area contributed by atoms with E-state index in [0.29, 0.717) is 49.4 Å². The van der Waals surface area contributed by atoms with Crippen LogP contribution >= 0.6 is 0 Å². The van der Waals surface area contributed by atoms with Crippen LogP contribution in [-0.4, -0.2) is 54.0 Å². The fraction of sp³-hybridized carbons (Fsp3) is 0.350. The summed E-state index contributed by atoms with van der Waals surface area (Å²) >= 11 is 0. The Morgan fingerprint density at radius 2 is 1.47 bits per heavy atom. The van der Waals surface area contributed by atoms with Gasteiger partial charge in [-0.05, 0) is 31.2 Å². The highest BCUT2D eigenvalue weighted by Crippen LogP contribution is 2.37. The molecule has 0 atom stereocenters. The molecule has 2 aromatic rings. The number of esters is 1. The molecule has 0 unspecified atom stereocenters. The zero-order valence-corrected chi connectivity index (χ0v) is 17.1. The molecule has 160 valence electrons. The molecule has 0 saturated carbocycles. The summed E-state index contributed by atoms with van der Waals surface area (Å²) in [5, 5.41) is 0. The number of sulfonamides is 1. The van der Waals surface area contributed by atoms with Crippen molar-refractivity contribution in [2.45, 2.75) is 11.8 Å². The van der Waals surface area contributed by atoms with E-state index >= 15 is 0 Å². The summed E-state index contributed by atoms with van der Waals surface area (Å²) in [7, 11) is -4.13. The lowest BCUT2D eigenvalue weighted by Crippen LogP contribution is -2.36. The molecule has 0 amide bonds.